The molecule has 2 rings (SSSR count). The van der Waals surface area contributed by atoms with E-state index in [0.717, 1.165) is 5.69 Å². The van der Waals surface area contributed by atoms with E-state index in [1.54, 1.807) is 18.3 Å². The molecule has 0 aliphatic carbocycles. The Morgan fingerprint density at radius 1 is 1.21 bits per heavy atom. The van der Waals surface area contributed by atoms with Crippen molar-refractivity contribution < 1.29 is 8.78 Å². The van der Waals surface area contributed by atoms with Crippen molar-refractivity contribution in [2.24, 2.45) is 5.84 Å². The molecule has 0 aliphatic rings. The van der Waals surface area contributed by atoms with Gasteiger partial charge in [-0.1, -0.05) is 18.2 Å². The van der Waals surface area contributed by atoms with Gasteiger partial charge in [-0.25, -0.2) is 8.78 Å². The van der Waals surface area contributed by atoms with Gasteiger partial charge in [-0.3, -0.25) is 16.3 Å². The van der Waals surface area contributed by atoms with Crippen LogP contribution >= 0.6 is 0 Å². The first-order chi connectivity index (χ1) is 9.13. The molecule has 1 aromatic carbocycles. The Kier molecular flexibility index (Phi) is 4.19. The van der Waals surface area contributed by atoms with E-state index >= 15 is 0 Å². The summed E-state index contributed by atoms with van der Waals surface area (Å²) in [5, 5.41) is 0. The van der Waals surface area contributed by atoms with Gasteiger partial charge in [-0.05, 0) is 24.6 Å². The van der Waals surface area contributed by atoms with E-state index in [9.17, 15) is 8.78 Å². The average Bonchev–Trinajstić information content (AvgIpc) is 2.44. The van der Waals surface area contributed by atoms with Crippen molar-refractivity contribution in [3.63, 3.8) is 0 Å². The molecule has 0 amide bonds. The van der Waals surface area contributed by atoms with E-state index in [2.05, 4.69) is 10.4 Å². The fourth-order valence-electron chi connectivity index (χ4n) is 1.92. The number of nitrogens with two attached hydrogens (primary N) is 1. The van der Waals surface area contributed by atoms with Gasteiger partial charge in [-0.2, -0.15) is 0 Å². The molecule has 0 saturated carbocycles. The van der Waals surface area contributed by atoms with E-state index in [1.807, 2.05) is 12.1 Å². The van der Waals surface area contributed by atoms with Crippen LogP contribution in [-0.4, -0.2) is 4.98 Å². The minimum absolute atomic E-state index is 0.205. The maximum absolute atomic E-state index is 13.9. The molecule has 19 heavy (non-hydrogen) atoms. The van der Waals surface area contributed by atoms with Crippen LogP contribution in [0.3, 0.4) is 0 Å². The van der Waals surface area contributed by atoms with Gasteiger partial charge in [-0.15, -0.1) is 0 Å². The smallest absolute Gasteiger partial charge is 0.163 e. The van der Waals surface area contributed by atoms with Gasteiger partial charge >= 0.3 is 0 Å². The van der Waals surface area contributed by atoms with Gasteiger partial charge in [0.15, 0.2) is 11.6 Å². The van der Waals surface area contributed by atoms with Crippen LogP contribution in [0.15, 0.2) is 36.5 Å². The number of halogens is 2. The highest BCUT2D eigenvalue weighted by atomic mass is 19.2. The first-order valence-corrected chi connectivity index (χ1v) is 5.94. The fourth-order valence-corrected chi connectivity index (χ4v) is 1.92. The molecule has 3 nitrogen and oxygen atoms in total. The Balaban J connectivity index is 2.30. The summed E-state index contributed by atoms with van der Waals surface area (Å²) in [6, 6.07) is 8.00. The molecule has 3 N–H and O–H groups in total. The number of hydrogen-bond acceptors (Lipinski definition) is 3. The highest BCUT2D eigenvalue weighted by Crippen LogP contribution is 2.23. The molecule has 1 heterocycles. The van der Waals surface area contributed by atoms with Crippen molar-refractivity contribution in [3.05, 3.63) is 65.0 Å². The normalized spacial score (nSPS) is 12.4. The molecule has 5 heteroatoms. The molecule has 100 valence electrons. The third kappa shape index (κ3) is 2.94. The van der Waals surface area contributed by atoms with Gasteiger partial charge in [0.05, 0.1) is 6.04 Å². The summed E-state index contributed by atoms with van der Waals surface area (Å²) in [5.41, 5.74) is 3.74. The van der Waals surface area contributed by atoms with Crippen LogP contribution in [0.1, 0.15) is 22.9 Å². The number of rotatable bonds is 4. The zero-order valence-corrected chi connectivity index (χ0v) is 10.5. The van der Waals surface area contributed by atoms with Crippen molar-refractivity contribution in [2.45, 2.75) is 19.4 Å². The van der Waals surface area contributed by atoms with Crippen molar-refractivity contribution in [1.82, 2.24) is 10.4 Å². The van der Waals surface area contributed by atoms with Crippen molar-refractivity contribution >= 4 is 0 Å². The first-order valence-electron chi connectivity index (χ1n) is 5.94. The number of aromatic nitrogens is 1. The highest BCUT2D eigenvalue weighted by molar-refractivity contribution is 5.28. The molecule has 1 unspecified atom stereocenters. The average molecular weight is 263 g/mol. The van der Waals surface area contributed by atoms with E-state index in [4.69, 9.17) is 5.84 Å². The molecule has 0 bridgehead atoms. The van der Waals surface area contributed by atoms with Gasteiger partial charge < -0.3 is 0 Å². The van der Waals surface area contributed by atoms with Crippen LogP contribution < -0.4 is 11.3 Å². The number of hydrogen-bond donors (Lipinski definition) is 2. The van der Waals surface area contributed by atoms with E-state index < -0.39 is 17.7 Å². The summed E-state index contributed by atoms with van der Waals surface area (Å²) < 4.78 is 27.5. The van der Waals surface area contributed by atoms with E-state index in [-0.39, 0.29) is 11.1 Å². The van der Waals surface area contributed by atoms with E-state index in [1.165, 1.54) is 13.0 Å². The summed E-state index contributed by atoms with van der Waals surface area (Å²) >= 11 is 0. The summed E-state index contributed by atoms with van der Waals surface area (Å²) in [6.07, 6.45) is 2.03. The Hall–Kier alpha value is -1.85. The molecular weight excluding hydrogens is 248 g/mol. The molecule has 2 aromatic rings. The number of hydrazine groups is 1. The minimum atomic E-state index is -0.862. The topological polar surface area (TPSA) is 50.9 Å². The van der Waals surface area contributed by atoms with Crippen molar-refractivity contribution in [3.8, 4) is 0 Å². The van der Waals surface area contributed by atoms with Gasteiger partial charge in [0.1, 0.15) is 0 Å². The zero-order chi connectivity index (χ0) is 13.8. The van der Waals surface area contributed by atoms with Crippen LogP contribution in [0, 0.1) is 18.6 Å². The van der Waals surface area contributed by atoms with E-state index in [0.29, 0.717) is 6.42 Å². The van der Waals surface area contributed by atoms with Gasteiger partial charge in [0.25, 0.3) is 0 Å². The van der Waals surface area contributed by atoms with Crippen molar-refractivity contribution in [1.29, 1.82) is 0 Å². The lowest BCUT2D eigenvalue weighted by Gasteiger charge is -2.17. The lowest BCUT2D eigenvalue weighted by Crippen LogP contribution is -2.30. The third-order valence-electron chi connectivity index (χ3n) is 3.02. The Morgan fingerprint density at radius 2 is 2.00 bits per heavy atom. The first kappa shape index (κ1) is 13.6. The third-order valence-corrected chi connectivity index (χ3v) is 3.02. The van der Waals surface area contributed by atoms with Gasteiger partial charge in [0, 0.05) is 23.9 Å². The number of nitrogens with one attached hydrogen (secondary N) is 1. The van der Waals surface area contributed by atoms with Crippen LogP contribution in [0.4, 0.5) is 8.78 Å². The molecule has 1 atom stereocenters. The van der Waals surface area contributed by atoms with Crippen LogP contribution in [0.5, 0.6) is 0 Å². The number of aryl methyl sites for hydroxylation is 1. The maximum atomic E-state index is 13.9. The Morgan fingerprint density at radius 3 is 2.63 bits per heavy atom. The zero-order valence-electron chi connectivity index (χ0n) is 10.5. The second-order valence-corrected chi connectivity index (χ2v) is 4.34. The summed E-state index contributed by atoms with van der Waals surface area (Å²) in [6.45, 7) is 1.52. The Bertz CT molecular complexity index is 558. The fraction of sp³-hybridized carbons (Fsp3) is 0.214. The van der Waals surface area contributed by atoms with Crippen molar-refractivity contribution in [2.75, 3.05) is 0 Å². The van der Waals surface area contributed by atoms with Crippen LogP contribution in [0.2, 0.25) is 0 Å². The summed E-state index contributed by atoms with van der Waals surface area (Å²) in [5.74, 6) is 3.75. The molecule has 0 saturated heterocycles. The predicted octanol–water partition coefficient (Wildman–Crippen LogP) is 2.42. The Labute approximate surface area is 110 Å². The SMILES string of the molecule is Cc1ccc(C(Cc2ccccn2)NN)c(F)c1F. The molecule has 1 aromatic heterocycles. The second-order valence-electron chi connectivity index (χ2n) is 4.34. The predicted molar refractivity (Wildman–Crippen MR) is 69.1 cm³/mol. The van der Waals surface area contributed by atoms with Gasteiger partial charge in [0.2, 0.25) is 0 Å². The minimum Gasteiger partial charge on any atom is -0.271 e. The highest BCUT2D eigenvalue weighted by Gasteiger charge is 2.19. The molecule has 0 spiro atoms. The molecular formula is C14H15F2N3. The van der Waals surface area contributed by atoms with Crippen LogP contribution in [-0.2, 0) is 6.42 Å². The molecule has 0 fully saturated rings. The largest absolute Gasteiger partial charge is 0.271 e. The molecule has 0 radical (unpaired) electrons. The monoisotopic (exact) mass is 263 g/mol. The number of pyridine rings is 1. The second kappa shape index (κ2) is 5.86. The summed E-state index contributed by atoms with van der Waals surface area (Å²) in [4.78, 5) is 4.15. The van der Waals surface area contributed by atoms with Crippen LogP contribution in [0.25, 0.3) is 0 Å². The summed E-state index contributed by atoms with van der Waals surface area (Å²) in [7, 11) is 0. The number of benzene rings is 1. The maximum Gasteiger partial charge on any atom is 0.163 e. The standard InChI is InChI=1S/C14H15F2N3/c1-9-5-6-11(14(16)13(9)15)12(19-17)8-10-4-2-3-7-18-10/h2-7,12,19H,8,17H2,1H3. The quantitative estimate of drug-likeness (QED) is 0.658. The number of nitrogens with zero attached hydrogens (tertiary/aromatic N) is 1. The molecule has 0 aliphatic heterocycles. The lowest BCUT2D eigenvalue weighted by molar-refractivity contribution is 0.459. The lowest BCUT2D eigenvalue weighted by atomic mass is 10.00.